The fourth-order valence-corrected chi connectivity index (χ4v) is 6.74. The lowest BCUT2D eigenvalue weighted by Crippen LogP contribution is -2.34. The molecule has 0 aliphatic heterocycles. The van der Waals surface area contributed by atoms with Gasteiger partial charge in [-0.25, -0.2) is 16.8 Å². The van der Waals surface area contributed by atoms with Gasteiger partial charge in [0.05, 0.1) is 21.7 Å². The quantitative estimate of drug-likeness (QED) is 0.681. The van der Waals surface area contributed by atoms with E-state index in [0.717, 1.165) is 24.3 Å². The molecule has 0 fully saturated rings. The third-order valence-corrected chi connectivity index (χ3v) is 8.89. The van der Waals surface area contributed by atoms with E-state index in [1.54, 1.807) is 13.8 Å². The number of sulfonamides is 2. The first kappa shape index (κ1) is 20.7. The number of alkyl halides is 3. The number of rotatable bonds is 5. The van der Waals surface area contributed by atoms with Crippen LogP contribution < -0.4 is 0 Å². The summed E-state index contributed by atoms with van der Waals surface area (Å²) < 4.78 is 88.7. The van der Waals surface area contributed by atoms with E-state index in [0.29, 0.717) is 11.1 Å². The zero-order valence-electron chi connectivity index (χ0n) is 13.6. The molecule has 0 aliphatic rings. The minimum Gasteiger partial charge on any atom is -0.205 e. The van der Waals surface area contributed by atoms with E-state index < -0.39 is 50.4 Å². The van der Waals surface area contributed by atoms with Gasteiger partial charge in [0, 0.05) is 0 Å². The number of benzene rings is 2. The van der Waals surface area contributed by atoms with Crippen LogP contribution >= 0.6 is 11.9 Å². The minimum atomic E-state index is -5.13. The Labute approximate surface area is 154 Å². The maximum Gasteiger partial charge on any atom is 0.458 e. The molecule has 26 heavy (non-hydrogen) atoms. The number of hydrogen-bond acceptors (Lipinski definition) is 5. The Morgan fingerprint density at radius 3 is 1.31 bits per heavy atom. The molecule has 0 spiro atoms. The van der Waals surface area contributed by atoms with Crippen LogP contribution in [0, 0.1) is 13.8 Å². The van der Waals surface area contributed by atoms with E-state index in [2.05, 4.69) is 0 Å². The van der Waals surface area contributed by atoms with Crippen molar-refractivity contribution in [3.63, 3.8) is 0 Å². The highest BCUT2D eigenvalue weighted by Crippen LogP contribution is 2.41. The average molecular weight is 425 g/mol. The first-order valence-electron chi connectivity index (χ1n) is 7.04. The van der Waals surface area contributed by atoms with Crippen molar-refractivity contribution in [2.75, 3.05) is 0 Å². The van der Waals surface area contributed by atoms with Gasteiger partial charge in [0.1, 0.15) is 0 Å². The van der Waals surface area contributed by atoms with Gasteiger partial charge in [0.25, 0.3) is 20.0 Å². The molecule has 0 aliphatic carbocycles. The largest absolute Gasteiger partial charge is 0.458 e. The fourth-order valence-electron chi connectivity index (χ4n) is 1.90. The molecule has 142 valence electrons. The van der Waals surface area contributed by atoms with Crippen LogP contribution in [0.1, 0.15) is 11.1 Å². The molecule has 0 radical (unpaired) electrons. The zero-order valence-corrected chi connectivity index (χ0v) is 16.0. The maximum atomic E-state index is 12.9. The lowest BCUT2D eigenvalue weighted by Gasteiger charge is -2.21. The van der Waals surface area contributed by atoms with Crippen LogP contribution in [-0.4, -0.2) is 25.5 Å². The molecule has 5 nitrogen and oxygen atoms in total. The van der Waals surface area contributed by atoms with E-state index in [9.17, 15) is 30.0 Å². The monoisotopic (exact) mass is 425 g/mol. The fraction of sp³-hybridized carbons (Fsp3) is 0.200. The molecule has 0 atom stereocenters. The van der Waals surface area contributed by atoms with Gasteiger partial charge in [-0.1, -0.05) is 35.4 Å². The second kappa shape index (κ2) is 7.22. The second-order valence-electron chi connectivity index (χ2n) is 5.34. The van der Waals surface area contributed by atoms with E-state index in [-0.39, 0.29) is 0 Å². The van der Waals surface area contributed by atoms with Crippen molar-refractivity contribution in [1.29, 1.82) is 0 Å². The second-order valence-corrected chi connectivity index (χ2v) is 10.6. The first-order valence-corrected chi connectivity index (χ1v) is 10.7. The Bertz CT molecular complexity index is 908. The molecule has 0 saturated carbocycles. The molecule has 2 rings (SSSR count). The van der Waals surface area contributed by atoms with E-state index in [4.69, 9.17) is 0 Å². The van der Waals surface area contributed by atoms with Gasteiger partial charge in [-0.2, -0.15) is 13.2 Å². The number of hydrogen-bond donors (Lipinski definition) is 0. The molecule has 2 aromatic carbocycles. The lowest BCUT2D eigenvalue weighted by atomic mass is 10.2. The smallest absolute Gasteiger partial charge is 0.205 e. The minimum absolute atomic E-state index is 0.560. The van der Waals surface area contributed by atoms with Crippen molar-refractivity contribution in [3.8, 4) is 0 Å². The summed E-state index contributed by atoms with van der Waals surface area (Å²) in [7, 11) is -9.96. The summed E-state index contributed by atoms with van der Waals surface area (Å²) in [6.07, 6.45) is 0. The standard InChI is InChI=1S/C15H14F3NO4S3/c1-11-3-7-13(8-4-11)25(20,21)19(24-15(16,17)18)26(22,23)14-9-5-12(2)6-10-14/h3-10H,1-2H3. The first-order chi connectivity index (χ1) is 11.8. The van der Waals surface area contributed by atoms with Crippen LogP contribution in [0.25, 0.3) is 0 Å². The third-order valence-electron chi connectivity index (χ3n) is 3.21. The summed E-state index contributed by atoms with van der Waals surface area (Å²) in [4.78, 5) is -1.12. The van der Waals surface area contributed by atoms with Crippen LogP contribution in [0.2, 0.25) is 0 Å². The van der Waals surface area contributed by atoms with Gasteiger partial charge in [-0.05, 0) is 41.2 Å². The Kier molecular flexibility index (Phi) is 5.76. The van der Waals surface area contributed by atoms with Gasteiger partial charge >= 0.3 is 5.51 Å². The number of nitrogens with zero attached hydrogens (tertiary/aromatic N) is 1. The zero-order chi connectivity index (χ0) is 19.8. The molecule has 11 heteroatoms. The van der Waals surface area contributed by atoms with E-state index in [1.165, 1.54) is 24.3 Å². The SMILES string of the molecule is Cc1ccc(S(=O)(=O)N(SC(F)(F)F)S(=O)(=O)c2ccc(C)cc2)cc1. The molecule has 0 N–H and O–H groups in total. The Morgan fingerprint density at radius 2 is 1.04 bits per heavy atom. The predicted octanol–water partition coefficient (Wildman–Crippen LogP) is 3.85. The van der Waals surface area contributed by atoms with E-state index >= 15 is 0 Å². The van der Waals surface area contributed by atoms with Crippen molar-refractivity contribution < 1.29 is 30.0 Å². The van der Waals surface area contributed by atoms with Crippen LogP contribution in [0.5, 0.6) is 0 Å². The van der Waals surface area contributed by atoms with Gasteiger partial charge < -0.3 is 0 Å². The van der Waals surface area contributed by atoms with Crippen LogP contribution in [-0.2, 0) is 20.0 Å². The average Bonchev–Trinajstić information content (AvgIpc) is 2.52. The van der Waals surface area contributed by atoms with Crippen LogP contribution in [0.15, 0.2) is 58.3 Å². The van der Waals surface area contributed by atoms with Crippen molar-refractivity contribution in [2.45, 2.75) is 29.1 Å². The van der Waals surface area contributed by atoms with Crippen molar-refractivity contribution in [1.82, 2.24) is 3.12 Å². The highest BCUT2D eigenvalue weighted by atomic mass is 32.3. The summed E-state index contributed by atoms with van der Waals surface area (Å²) in [5.41, 5.74) is -3.80. The Balaban J connectivity index is 2.63. The number of aryl methyl sites for hydroxylation is 2. The Hall–Kier alpha value is -1.56. The molecule has 0 bridgehead atoms. The molecule has 0 amide bonds. The summed E-state index contributed by atoms with van der Waals surface area (Å²) in [5.74, 6) is 0. The normalized spacial score (nSPS) is 13.2. The topological polar surface area (TPSA) is 71.5 Å². The van der Waals surface area contributed by atoms with Crippen molar-refractivity contribution in [2.24, 2.45) is 0 Å². The lowest BCUT2D eigenvalue weighted by molar-refractivity contribution is -0.0342. The van der Waals surface area contributed by atoms with Crippen molar-refractivity contribution in [3.05, 3.63) is 59.7 Å². The molecule has 0 saturated heterocycles. The van der Waals surface area contributed by atoms with Gasteiger partial charge in [-0.15, -0.1) is 0 Å². The molecule has 0 aromatic heterocycles. The number of halogens is 3. The molecule has 0 heterocycles. The maximum absolute atomic E-state index is 12.9. The van der Waals surface area contributed by atoms with Gasteiger partial charge in [-0.3, -0.25) is 0 Å². The predicted molar refractivity (Wildman–Crippen MR) is 92.2 cm³/mol. The van der Waals surface area contributed by atoms with Crippen LogP contribution in [0.3, 0.4) is 0 Å². The third kappa shape index (κ3) is 4.58. The van der Waals surface area contributed by atoms with Crippen molar-refractivity contribution >= 4 is 32.0 Å². The molecule has 2 aromatic rings. The summed E-state index contributed by atoms with van der Waals surface area (Å²) in [5, 5.41) is 0. The van der Waals surface area contributed by atoms with Gasteiger partial charge in [0.2, 0.25) is 0 Å². The molecular weight excluding hydrogens is 411 g/mol. The summed E-state index contributed by atoms with van der Waals surface area (Å²) >= 11 is -1.23. The van der Waals surface area contributed by atoms with Crippen LogP contribution in [0.4, 0.5) is 13.2 Å². The van der Waals surface area contributed by atoms with E-state index in [1.807, 2.05) is 0 Å². The summed E-state index contributed by atoms with van der Waals surface area (Å²) in [6, 6.07) is 9.67. The molecule has 0 unspecified atom stereocenters. The highest BCUT2D eigenvalue weighted by molar-refractivity contribution is 8.20. The Morgan fingerprint density at radius 1 is 0.731 bits per heavy atom. The van der Waals surface area contributed by atoms with Gasteiger partial charge in [0.15, 0.2) is 0 Å². The molecular formula is C15H14F3NO4S3. The summed E-state index contributed by atoms with van der Waals surface area (Å²) in [6.45, 7) is 3.31. The highest BCUT2D eigenvalue weighted by Gasteiger charge is 2.46.